The van der Waals surface area contributed by atoms with Crippen LogP contribution in [0, 0.1) is 19.8 Å². The highest BCUT2D eigenvalue weighted by atomic mass is 15.0. The van der Waals surface area contributed by atoms with Gasteiger partial charge >= 0.3 is 0 Å². The second-order valence-corrected chi connectivity index (χ2v) is 6.75. The molecule has 3 aromatic rings. The van der Waals surface area contributed by atoms with E-state index >= 15 is 0 Å². The molecule has 0 aliphatic carbocycles. The fourth-order valence-electron chi connectivity index (χ4n) is 3.07. The summed E-state index contributed by atoms with van der Waals surface area (Å²) in [7, 11) is 0. The van der Waals surface area contributed by atoms with Crippen molar-refractivity contribution in [2.45, 2.75) is 47.1 Å². The molecule has 0 saturated carbocycles. The Labute approximate surface area is 138 Å². The maximum atomic E-state index is 4.65. The van der Waals surface area contributed by atoms with E-state index in [0.29, 0.717) is 0 Å². The van der Waals surface area contributed by atoms with Crippen LogP contribution >= 0.6 is 0 Å². The van der Waals surface area contributed by atoms with E-state index in [0.717, 1.165) is 30.3 Å². The molecular weight excluding hydrogens is 282 g/mol. The Morgan fingerprint density at radius 2 is 1.83 bits per heavy atom. The minimum atomic E-state index is 0.717. The third-order valence-corrected chi connectivity index (χ3v) is 4.58. The van der Waals surface area contributed by atoms with Crippen LogP contribution in [0.25, 0.3) is 10.9 Å². The van der Waals surface area contributed by atoms with Gasteiger partial charge in [-0.05, 0) is 55.5 Å². The van der Waals surface area contributed by atoms with Crippen molar-refractivity contribution in [2.75, 3.05) is 0 Å². The van der Waals surface area contributed by atoms with Gasteiger partial charge in [0, 0.05) is 42.6 Å². The Hall–Kier alpha value is -2.16. The standard InChI is InChI=1S/C20H25N3/c1-14(2)7-11-23-12-8-17-19(22-10-6-20(17)23)13-18-15(3)5-9-21-16(18)4/h5-6,8-10,12,14H,7,11,13H2,1-4H3. The van der Waals surface area contributed by atoms with Gasteiger partial charge in [0.05, 0.1) is 11.2 Å². The van der Waals surface area contributed by atoms with Gasteiger partial charge in [-0.1, -0.05) is 13.8 Å². The van der Waals surface area contributed by atoms with E-state index in [2.05, 4.69) is 66.6 Å². The van der Waals surface area contributed by atoms with E-state index < -0.39 is 0 Å². The fourth-order valence-corrected chi connectivity index (χ4v) is 3.07. The van der Waals surface area contributed by atoms with Gasteiger partial charge < -0.3 is 4.57 Å². The number of aromatic nitrogens is 3. The summed E-state index contributed by atoms with van der Waals surface area (Å²) in [5, 5.41) is 1.26. The van der Waals surface area contributed by atoms with Gasteiger partial charge in [-0.15, -0.1) is 0 Å². The number of hydrogen-bond acceptors (Lipinski definition) is 2. The second-order valence-electron chi connectivity index (χ2n) is 6.75. The molecule has 0 atom stereocenters. The third kappa shape index (κ3) is 3.29. The summed E-state index contributed by atoms with van der Waals surface area (Å²) >= 11 is 0. The summed E-state index contributed by atoms with van der Waals surface area (Å²) < 4.78 is 2.35. The van der Waals surface area contributed by atoms with Gasteiger partial charge in [0.1, 0.15) is 0 Å². The van der Waals surface area contributed by atoms with Crippen molar-refractivity contribution in [1.82, 2.24) is 14.5 Å². The lowest BCUT2D eigenvalue weighted by Gasteiger charge is -2.10. The van der Waals surface area contributed by atoms with E-state index in [1.165, 1.54) is 28.5 Å². The summed E-state index contributed by atoms with van der Waals surface area (Å²) in [5.41, 5.74) is 6.11. The summed E-state index contributed by atoms with van der Waals surface area (Å²) in [5.74, 6) is 0.717. The summed E-state index contributed by atoms with van der Waals surface area (Å²) in [6.07, 6.45) is 8.05. The van der Waals surface area contributed by atoms with Crippen LogP contribution in [0.5, 0.6) is 0 Å². The largest absolute Gasteiger partial charge is 0.347 e. The van der Waals surface area contributed by atoms with Crippen LogP contribution in [0.2, 0.25) is 0 Å². The Morgan fingerprint density at radius 3 is 2.57 bits per heavy atom. The van der Waals surface area contributed by atoms with Crippen LogP contribution in [0.4, 0.5) is 0 Å². The van der Waals surface area contributed by atoms with Gasteiger partial charge in [0.15, 0.2) is 0 Å². The molecule has 0 aliphatic rings. The molecule has 120 valence electrons. The molecule has 3 aromatic heterocycles. The molecule has 3 nitrogen and oxygen atoms in total. The van der Waals surface area contributed by atoms with Crippen molar-refractivity contribution in [3.63, 3.8) is 0 Å². The molecule has 3 heteroatoms. The lowest BCUT2D eigenvalue weighted by Crippen LogP contribution is -2.02. The third-order valence-electron chi connectivity index (χ3n) is 4.58. The minimum absolute atomic E-state index is 0.717. The molecule has 0 bridgehead atoms. The number of rotatable bonds is 5. The lowest BCUT2D eigenvalue weighted by molar-refractivity contribution is 0.524. The van der Waals surface area contributed by atoms with E-state index in [-0.39, 0.29) is 0 Å². The van der Waals surface area contributed by atoms with Crippen molar-refractivity contribution in [1.29, 1.82) is 0 Å². The normalized spacial score (nSPS) is 11.5. The second kappa shape index (κ2) is 6.53. The maximum Gasteiger partial charge on any atom is 0.0541 e. The van der Waals surface area contributed by atoms with E-state index in [4.69, 9.17) is 0 Å². The zero-order chi connectivity index (χ0) is 16.4. The monoisotopic (exact) mass is 307 g/mol. The first-order valence-corrected chi connectivity index (χ1v) is 8.40. The van der Waals surface area contributed by atoms with Crippen LogP contribution < -0.4 is 0 Å². The molecular formula is C20H25N3. The molecule has 0 radical (unpaired) electrons. The summed E-state index contributed by atoms with van der Waals surface area (Å²) in [6.45, 7) is 9.84. The predicted molar refractivity (Wildman–Crippen MR) is 95.7 cm³/mol. The summed E-state index contributed by atoms with van der Waals surface area (Å²) in [4.78, 5) is 9.09. The highest BCUT2D eigenvalue weighted by molar-refractivity contribution is 5.82. The first-order chi connectivity index (χ1) is 11.1. The Bertz CT molecular complexity index is 795. The molecule has 3 heterocycles. The molecule has 0 unspecified atom stereocenters. The number of hydrogen-bond donors (Lipinski definition) is 0. The van der Waals surface area contributed by atoms with Crippen LogP contribution in [0.3, 0.4) is 0 Å². The molecule has 0 aromatic carbocycles. The molecule has 23 heavy (non-hydrogen) atoms. The zero-order valence-electron chi connectivity index (χ0n) is 14.5. The molecule has 0 aliphatic heterocycles. The Balaban J connectivity index is 1.96. The van der Waals surface area contributed by atoms with Crippen molar-refractivity contribution < 1.29 is 0 Å². The quantitative estimate of drug-likeness (QED) is 0.685. The molecule has 0 N–H and O–H groups in total. The molecule has 0 fully saturated rings. The predicted octanol–water partition coefficient (Wildman–Crippen LogP) is 4.69. The zero-order valence-corrected chi connectivity index (χ0v) is 14.5. The first kappa shape index (κ1) is 15.7. The van der Waals surface area contributed by atoms with Gasteiger partial charge in [-0.3, -0.25) is 9.97 Å². The first-order valence-electron chi connectivity index (χ1n) is 8.40. The number of aryl methyl sites for hydroxylation is 3. The van der Waals surface area contributed by atoms with E-state index in [1.54, 1.807) is 0 Å². The van der Waals surface area contributed by atoms with E-state index in [9.17, 15) is 0 Å². The van der Waals surface area contributed by atoms with Gasteiger partial charge in [-0.2, -0.15) is 0 Å². The minimum Gasteiger partial charge on any atom is -0.347 e. The average molecular weight is 307 g/mol. The van der Waals surface area contributed by atoms with E-state index in [1.807, 2.05) is 12.4 Å². The smallest absolute Gasteiger partial charge is 0.0541 e. The Morgan fingerprint density at radius 1 is 1.04 bits per heavy atom. The van der Waals surface area contributed by atoms with Crippen molar-refractivity contribution >= 4 is 10.9 Å². The molecule has 0 spiro atoms. The van der Waals surface area contributed by atoms with Crippen LogP contribution in [-0.4, -0.2) is 14.5 Å². The fraction of sp³-hybridized carbons (Fsp3) is 0.400. The highest BCUT2D eigenvalue weighted by Gasteiger charge is 2.11. The van der Waals surface area contributed by atoms with Crippen molar-refractivity contribution in [3.8, 4) is 0 Å². The van der Waals surface area contributed by atoms with Crippen LogP contribution in [-0.2, 0) is 13.0 Å². The SMILES string of the molecule is Cc1ccnc(C)c1Cc1nccc2c1ccn2CCC(C)C. The number of pyridine rings is 2. The number of fused-ring (bicyclic) bond motifs is 1. The molecule has 3 rings (SSSR count). The maximum absolute atomic E-state index is 4.65. The number of nitrogens with zero attached hydrogens (tertiary/aromatic N) is 3. The van der Waals surface area contributed by atoms with Gasteiger partial charge in [0.2, 0.25) is 0 Å². The highest BCUT2D eigenvalue weighted by Crippen LogP contribution is 2.23. The Kier molecular flexibility index (Phi) is 4.46. The summed E-state index contributed by atoms with van der Waals surface area (Å²) in [6, 6.07) is 6.41. The van der Waals surface area contributed by atoms with Crippen molar-refractivity contribution in [2.24, 2.45) is 5.92 Å². The molecule has 0 saturated heterocycles. The van der Waals surface area contributed by atoms with Crippen LogP contribution in [0.1, 0.15) is 42.8 Å². The average Bonchev–Trinajstić information content (AvgIpc) is 2.93. The topological polar surface area (TPSA) is 30.7 Å². The van der Waals surface area contributed by atoms with Crippen LogP contribution in [0.15, 0.2) is 36.8 Å². The van der Waals surface area contributed by atoms with Crippen molar-refractivity contribution in [3.05, 3.63) is 59.3 Å². The van der Waals surface area contributed by atoms with Gasteiger partial charge in [-0.25, -0.2) is 0 Å². The lowest BCUT2D eigenvalue weighted by atomic mass is 10.0. The molecule has 0 amide bonds. The van der Waals surface area contributed by atoms with Gasteiger partial charge in [0.25, 0.3) is 0 Å².